The maximum Gasteiger partial charge on any atom is 0.244 e. The molecule has 98 valence electrons. The van der Waals surface area contributed by atoms with E-state index in [1.807, 2.05) is 4.90 Å². The van der Waals surface area contributed by atoms with Gasteiger partial charge in [0.2, 0.25) is 5.91 Å². The molecule has 0 aromatic carbocycles. The minimum atomic E-state index is -0.651. The van der Waals surface area contributed by atoms with E-state index < -0.39 is 5.54 Å². The van der Waals surface area contributed by atoms with Crippen molar-refractivity contribution >= 4 is 5.91 Å². The van der Waals surface area contributed by atoms with Crippen LogP contribution >= 0.6 is 0 Å². The molecule has 0 spiro atoms. The molecule has 5 nitrogen and oxygen atoms in total. The van der Waals surface area contributed by atoms with Gasteiger partial charge >= 0.3 is 0 Å². The van der Waals surface area contributed by atoms with Crippen LogP contribution in [0.15, 0.2) is 0 Å². The average molecular weight is 240 g/mol. The summed E-state index contributed by atoms with van der Waals surface area (Å²) >= 11 is 0. The normalized spacial score (nSPS) is 31.2. The number of nitrogens with one attached hydrogen (secondary N) is 1. The third kappa shape index (κ3) is 2.61. The fourth-order valence-electron chi connectivity index (χ4n) is 2.66. The summed E-state index contributed by atoms with van der Waals surface area (Å²) < 4.78 is 0. The molecule has 2 aliphatic rings. The number of carbonyl (C=O) groups is 1. The van der Waals surface area contributed by atoms with Crippen LogP contribution in [0, 0.1) is 0 Å². The SMILES string of the molecule is CC(C)N1CCC(N)(C(=O)N2CCNCC2)C1. The first kappa shape index (κ1) is 12.8. The zero-order valence-electron chi connectivity index (χ0n) is 10.9. The molecule has 0 radical (unpaired) electrons. The third-order valence-corrected chi connectivity index (χ3v) is 3.89. The summed E-state index contributed by atoms with van der Waals surface area (Å²) in [6, 6.07) is 0.469. The van der Waals surface area contributed by atoms with Crippen LogP contribution in [0.3, 0.4) is 0 Å². The van der Waals surface area contributed by atoms with Crippen molar-refractivity contribution in [2.45, 2.75) is 31.8 Å². The van der Waals surface area contributed by atoms with Gasteiger partial charge in [-0.25, -0.2) is 0 Å². The van der Waals surface area contributed by atoms with Crippen LogP contribution in [-0.4, -0.2) is 66.6 Å². The molecule has 0 bridgehead atoms. The number of nitrogens with two attached hydrogens (primary N) is 1. The molecule has 0 saturated carbocycles. The number of likely N-dealkylation sites (tertiary alicyclic amines) is 1. The van der Waals surface area contributed by atoms with Crippen LogP contribution in [0.1, 0.15) is 20.3 Å². The van der Waals surface area contributed by atoms with Crippen molar-refractivity contribution in [2.75, 3.05) is 39.3 Å². The second-order valence-corrected chi connectivity index (χ2v) is 5.51. The predicted molar refractivity (Wildman–Crippen MR) is 67.7 cm³/mol. The van der Waals surface area contributed by atoms with E-state index in [1.54, 1.807) is 0 Å². The topological polar surface area (TPSA) is 61.6 Å². The lowest BCUT2D eigenvalue weighted by Gasteiger charge is -2.34. The van der Waals surface area contributed by atoms with Gasteiger partial charge in [-0.15, -0.1) is 0 Å². The van der Waals surface area contributed by atoms with Gasteiger partial charge in [-0.05, 0) is 20.3 Å². The Morgan fingerprint density at radius 1 is 1.29 bits per heavy atom. The first-order valence-corrected chi connectivity index (χ1v) is 6.56. The minimum absolute atomic E-state index is 0.141. The van der Waals surface area contributed by atoms with Crippen LogP contribution in [0.25, 0.3) is 0 Å². The highest BCUT2D eigenvalue weighted by molar-refractivity contribution is 5.87. The molecule has 2 aliphatic heterocycles. The van der Waals surface area contributed by atoms with Crippen molar-refractivity contribution in [3.8, 4) is 0 Å². The third-order valence-electron chi connectivity index (χ3n) is 3.89. The highest BCUT2D eigenvalue weighted by Crippen LogP contribution is 2.23. The summed E-state index contributed by atoms with van der Waals surface area (Å²) in [5.41, 5.74) is 5.66. The quantitative estimate of drug-likeness (QED) is 0.665. The van der Waals surface area contributed by atoms with E-state index in [4.69, 9.17) is 5.73 Å². The maximum atomic E-state index is 12.4. The summed E-state index contributed by atoms with van der Waals surface area (Å²) in [5, 5.41) is 3.25. The van der Waals surface area contributed by atoms with Gasteiger partial charge in [0.05, 0.1) is 0 Å². The summed E-state index contributed by atoms with van der Waals surface area (Å²) in [6.45, 7) is 9.30. The number of nitrogens with zero attached hydrogens (tertiary/aromatic N) is 2. The number of hydrogen-bond donors (Lipinski definition) is 2. The Morgan fingerprint density at radius 3 is 2.47 bits per heavy atom. The molecule has 0 aromatic heterocycles. The fraction of sp³-hybridized carbons (Fsp3) is 0.917. The Kier molecular flexibility index (Phi) is 3.70. The molecule has 0 aliphatic carbocycles. The van der Waals surface area contributed by atoms with Crippen molar-refractivity contribution in [3.05, 3.63) is 0 Å². The lowest BCUT2D eigenvalue weighted by molar-refractivity contribution is -0.137. The van der Waals surface area contributed by atoms with E-state index in [0.717, 1.165) is 39.1 Å². The average Bonchev–Trinajstić information content (AvgIpc) is 2.74. The molecular weight excluding hydrogens is 216 g/mol. The summed E-state index contributed by atoms with van der Waals surface area (Å²) in [4.78, 5) is 16.6. The number of piperazine rings is 1. The molecular formula is C12H24N4O. The van der Waals surface area contributed by atoms with Gasteiger partial charge in [0, 0.05) is 45.3 Å². The molecule has 17 heavy (non-hydrogen) atoms. The Morgan fingerprint density at radius 2 is 1.94 bits per heavy atom. The zero-order chi connectivity index (χ0) is 12.5. The summed E-state index contributed by atoms with van der Waals surface area (Å²) in [5.74, 6) is 0.141. The van der Waals surface area contributed by atoms with E-state index in [-0.39, 0.29) is 5.91 Å². The number of carbonyl (C=O) groups excluding carboxylic acids is 1. The standard InChI is InChI=1S/C12H24N4O/c1-10(2)16-6-3-12(13,9-16)11(17)15-7-4-14-5-8-15/h10,14H,3-9,13H2,1-2H3. The van der Waals surface area contributed by atoms with Crippen LogP contribution in [0.2, 0.25) is 0 Å². The molecule has 5 heteroatoms. The van der Waals surface area contributed by atoms with Crippen molar-refractivity contribution in [3.63, 3.8) is 0 Å². The zero-order valence-corrected chi connectivity index (χ0v) is 10.9. The number of amides is 1. The first-order chi connectivity index (χ1) is 8.03. The summed E-state index contributed by atoms with van der Waals surface area (Å²) in [6.07, 6.45) is 0.786. The first-order valence-electron chi connectivity index (χ1n) is 6.56. The molecule has 2 heterocycles. The Hall–Kier alpha value is -0.650. The van der Waals surface area contributed by atoms with Gasteiger partial charge in [0.25, 0.3) is 0 Å². The summed E-state index contributed by atoms with van der Waals surface area (Å²) in [7, 11) is 0. The van der Waals surface area contributed by atoms with Gasteiger partial charge in [0.15, 0.2) is 0 Å². The van der Waals surface area contributed by atoms with Gasteiger partial charge in [-0.2, -0.15) is 0 Å². The molecule has 2 saturated heterocycles. The molecule has 1 unspecified atom stereocenters. The van der Waals surface area contributed by atoms with Crippen LogP contribution in [0.5, 0.6) is 0 Å². The molecule has 1 atom stereocenters. The Balaban J connectivity index is 1.98. The highest BCUT2D eigenvalue weighted by Gasteiger charge is 2.43. The number of hydrogen-bond acceptors (Lipinski definition) is 4. The largest absolute Gasteiger partial charge is 0.339 e. The number of rotatable bonds is 2. The maximum absolute atomic E-state index is 12.4. The molecule has 1 amide bonds. The Labute approximate surface area is 103 Å². The van der Waals surface area contributed by atoms with E-state index in [2.05, 4.69) is 24.1 Å². The minimum Gasteiger partial charge on any atom is -0.339 e. The lowest BCUT2D eigenvalue weighted by Crippen LogP contribution is -2.60. The van der Waals surface area contributed by atoms with Crippen LogP contribution in [0.4, 0.5) is 0 Å². The fourth-order valence-corrected chi connectivity index (χ4v) is 2.66. The smallest absolute Gasteiger partial charge is 0.244 e. The predicted octanol–water partition coefficient (Wildman–Crippen LogP) is -0.770. The van der Waals surface area contributed by atoms with Crippen molar-refractivity contribution in [2.24, 2.45) is 5.73 Å². The monoisotopic (exact) mass is 240 g/mol. The molecule has 0 aromatic rings. The van der Waals surface area contributed by atoms with Gasteiger partial charge in [-0.3, -0.25) is 9.69 Å². The van der Waals surface area contributed by atoms with Crippen LogP contribution < -0.4 is 11.1 Å². The van der Waals surface area contributed by atoms with Gasteiger partial charge in [0.1, 0.15) is 5.54 Å². The van der Waals surface area contributed by atoms with Crippen molar-refractivity contribution in [1.82, 2.24) is 15.1 Å². The van der Waals surface area contributed by atoms with E-state index in [1.165, 1.54) is 0 Å². The lowest BCUT2D eigenvalue weighted by atomic mass is 9.97. The van der Waals surface area contributed by atoms with Gasteiger partial charge in [-0.1, -0.05) is 0 Å². The van der Waals surface area contributed by atoms with E-state index >= 15 is 0 Å². The van der Waals surface area contributed by atoms with Crippen LogP contribution in [-0.2, 0) is 4.79 Å². The molecule has 3 N–H and O–H groups in total. The van der Waals surface area contributed by atoms with E-state index in [9.17, 15) is 4.79 Å². The highest BCUT2D eigenvalue weighted by atomic mass is 16.2. The second kappa shape index (κ2) is 4.92. The van der Waals surface area contributed by atoms with Crippen molar-refractivity contribution < 1.29 is 4.79 Å². The van der Waals surface area contributed by atoms with E-state index in [0.29, 0.717) is 12.6 Å². The molecule has 2 rings (SSSR count). The Bertz CT molecular complexity index is 288. The second-order valence-electron chi connectivity index (χ2n) is 5.51. The van der Waals surface area contributed by atoms with Crippen molar-refractivity contribution in [1.29, 1.82) is 0 Å². The van der Waals surface area contributed by atoms with Gasteiger partial charge < -0.3 is 16.0 Å². The molecule has 2 fully saturated rings.